The van der Waals surface area contributed by atoms with E-state index in [1.54, 1.807) is 0 Å². The summed E-state index contributed by atoms with van der Waals surface area (Å²) in [7, 11) is 1.65. The van der Waals surface area contributed by atoms with Gasteiger partial charge in [0.2, 0.25) is 0 Å². The standard InChI is InChI=1S/C52H96NO7P/c1-6-8-10-12-14-16-18-20-22-23-24-25-26-27-28-29-30-31-32-33-35-37-39-41-43-45-52(54)60-51(50-59-61(55,56)58-48-46-53(3,4)5)49-57-47-44-42-40-38-36-34-21-19-17-15-13-11-9-7-2/h11,13,17-20,23-24,26-27,51H,6-10,12,14-16,21-22,25,28-50H2,1-5H3/p+1/b13-11-,19-17-,20-18-,24-23-,27-26-. The minimum atomic E-state index is -4.28. The summed E-state index contributed by atoms with van der Waals surface area (Å²) in [6, 6.07) is 0. The molecule has 0 bridgehead atoms. The van der Waals surface area contributed by atoms with Crippen LogP contribution in [0.4, 0.5) is 0 Å². The molecule has 0 heterocycles. The zero-order chi connectivity index (χ0) is 44.8. The van der Waals surface area contributed by atoms with E-state index < -0.39 is 13.9 Å². The van der Waals surface area contributed by atoms with Gasteiger partial charge in [-0.25, -0.2) is 4.57 Å². The Balaban J connectivity index is 4.13. The van der Waals surface area contributed by atoms with Crippen LogP contribution in [0.5, 0.6) is 0 Å². The van der Waals surface area contributed by atoms with Crippen molar-refractivity contribution in [2.24, 2.45) is 0 Å². The molecule has 356 valence electrons. The van der Waals surface area contributed by atoms with Crippen LogP contribution in [-0.4, -0.2) is 75.6 Å². The SMILES string of the molecule is CCC/C=C\C/C=C\CCCCCCCCOCC(COP(=O)(O)OCC[N+](C)(C)C)OC(=O)CCCCCCCCCCCC/C=C\C/C=C\C/C=C\CCCCCCC. The van der Waals surface area contributed by atoms with Gasteiger partial charge < -0.3 is 18.9 Å². The summed E-state index contributed by atoms with van der Waals surface area (Å²) in [5.74, 6) is -0.323. The lowest BCUT2D eigenvalue weighted by molar-refractivity contribution is -0.870. The maximum absolute atomic E-state index is 12.7. The number of hydrogen-bond acceptors (Lipinski definition) is 6. The number of quaternary nitrogens is 1. The maximum Gasteiger partial charge on any atom is 0.472 e. The summed E-state index contributed by atoms with van der Waals surface area (Å²) >= 11 is 0. The molecule has 0 aliphatic carbocycles. The molecular weight excluding hydrogens is 782 g/mol. The van der Waals surface area contributed by atoms with Crippen LogP contribution in [0.3, 0.4) is 0 Å². The van der Waals surface area contributed by atoms with Crippen molar-refractivity contribution in [2.45, 2.75) is 213 Å². The third kappa shape index (κ3) is 49.1. The molecule has 0 aliphatic heterocycles. The fourth-order valence-corrected chi connectivity index (χ4v) is 7.40. The van der Waals surface area contributed by atoms with Crippen molar-refractivity contribution in [3.8, 4) is 0 Å². The third-order valence-electron chi connectivity index (χ3n) is 10.5. The van der Waals surface area contributed by atoms with E-state index in [1.165, 1.54) is 128 Å². The zero-order valence-electron chi connectivity index (χ0n) is 40.4. The minimum absolute atomic E-state index is 0.0834. The molecule has 1 N–H and O–H groups in total. The molecule has 0 radical (unpaired) electrons. The van der Waals surface area contributed by atoms with Gasteiger partial charge in [-0.3, -0.25) is 13.8 Å². The minimum Gasteiger partial charge on any atom is -0.457 e. The van der Waals surface area contributed by atoms with Crippen LogP contribution in [0, 0.1) is 0 Å². The average Bonchev–Trinajstić information content (AvgIpc) is 3.22. The number of hydrogen-bond donors (Lipinski definition) is 1. The predicted molar refractivity (Wildman–Crippen MR) is 261 cm³/mol. The molecule has 0 saturated heterocycles. The summed E-state index contributed by atoms with van der Waals surface area (Å²) in [6.07, 6.45) is 56.9. The highest BCUT2D eigenvalue weighted by molar-refractivity contribution is 7.47. The number of ether oxygens (including phenoxy) is 2. The number of rotatable bonds is 46. The largest absolute Gasteiger partial charge is 0.472 e. The number of unbranched alkanes of at least 4 members (excludes halogenated alkanes) is 22. The molecule has 0 fully saturated rings. The Morgan fingerprint density at radius 2 is 0.934 bits per heavy atom. The zero-order valence-corrected chi connectivity index (χ0v) is 41.3. The Bertz CT molecular complexity index is 1160. The molecule has 0 spiro atoms. The number of nitrogens with zero attached hydrogens (tertiary/aromatic N) is 1. The van der Waals surface area contributed by atoms with Crippen molar-refractivity contribution in [1.82, 2.24) is 0 Å². The fourth-order valence-electron chi connectivity index (χ4n) is 6.66. The van der Waals surface area contributed by atoms with Gasteiger partial charge in [-0.1, -0.05) is 184 Å². The first-order chi connectivity index (χ1) is 29.6. The fraction of sp³-hybridized carbons (Fsp3) is 0.788. The van der Waals surface area contributed by atoms with Gasteiger partial charge in [0.25, 0.3) is 0 Å². The summed E-state index contributed by atoms with van der Waals surface area (Å²) in [5, 5.41) is 0. The van der Waals surface area contributed by atoms with Crippen LogP contribution < -0.4 is 0 Å². The highest BCUT2D eigenvalue weighted by Gasteiger charge is 2.26. The van der Waals surface area contributed by atoms with Crippen LogP contribution in [-0.2, 0) is 27.9 Å². The van der Waals surface area contributed by atoms with Gasteiger partial charge >= 0.3 is 13.8 Å². The number of carbonyl (C=O) groups is 1. The monoisotopic (exact) mass is 879 g/mol. The Morgan fingerprint density at radius 1 is 0.508 bits per heavy atom. The van der Waals surface area contributed by atoms with Crippen LogP contribution in [0.25, 0.3) is 0 Å². The van der Waals surface area contributed by atoms with E-state index in [0.29, 0.717) is 24.1 Å². The quantitative estimate of drug-likeness (QED) is 0.0214. The van der Waals surface area contributed by atoms with Crippen molar-refractivity contribution in [1.29, 1.82) is 0 Å². The number of phosphoric ester groups is 1. The lowest BCUT2D eigenvalue weighted by Crippen LogP contribution is -2.37. The van der Waals surface area contributed by atoms with E-state index >= 15 is 0 Å². The van der Waals surface area contributed by atoms with E-state index in [1.807, 2.05) is 21.1 Å². The second kappa shape index (κ2) is 44.8. The first-order valence-electron chi connectivity index (χ1n) is 25.0. The molecule has 0 amide bonds. The van der Waals surface area contributed by atoms with Gasteiger partial charge in [0.1, 0.15) is 19.3 Å². The molecule has 2 unspecified atom stereocenters. The molecule has 0 aromatic heterocycles. The third-order valence-corrected chi connectivity index (χ3v) is 11.5. The number of allylic oxidation sites excluding steroid dienone is 10. The summed E-state index contributed by atoms with van der Waals surface area (Å²) in [4.78, 5) is 23.0. The Hall–Kier alpha value is -1.80. The Kier molecular flexibility index (Phi) is 43.5. The molecule has 0 aromatic rings. The summed E-state index contributed by atoms with van der Waals surface area (Å²) in [5.41, 5.74) is 0. The molecule has 0 saturated carbocycles. The van der Waals surface area contributed by atoms with Gasteiger partial charge in [0.05, 0.1) is 34.4 Å². The average molecular weight is 879 g/mol. The maximum atomic E-state index is 12.7. The first kappa shape index (κ1) is 59.2. The normalized spacial score (nSPS) is 14.1. The van der Waals surface area contributed by atoms with E-state index in [2.05, 4.69) is 74.6 Å². The topological polar surface area (TPSA) is 91.3 Å². The highest BCUT2D eigenvalue weighted by atomic mass is 31.2. The van der Waals surface area contributed by atoms with Crippen LogP contribution in [0.1, 0.15) is 206 Å². The van der Waals surface area contributed by atoms with E-state index in [-0.39, 0.29) is 25.8 Å². The second-order valence-corrected chi connectivity index (χ2v) is 19.3. The number of phosphoric acid groups is 1. The second-order valence-electron chi connectivity index (χ2n) is 17.8. The Labute approximate surface area is 377 Å². The Morgan fingerprint density at radius 3 is 1.41 bits per heavy atom. The van der Waals surface area contributed by atoms with Gasteiger partial charge in [-0.2, -0.15) is 0 Å². The van der Waals surface area contributed by atoms with Gasteiger partial charge in [0, 0.05) is 13.0 Å². The van der Waals surface area contributed by atoms with E-state index in [0.717, 1.165) is 57.8 Å². The van der Waals surface area contributed by atoms with Crippen molar-refractivity contribution in [3.63, 3.8) is 0 Å². The summed E-state index contributed by atoms with van der Waals surface area (Å²) in [6.45, 7) is 5.52. The number of carbonyl (C=O) groups excluding carboxylic acids is 1. The molecule has 0 aromatic carbocycles. The molecule has 2 atom stereocenters. The summed E-state index contributed by atoms with van der Waals surface area (Å²) < 4.78 is 35.1. The highest BCUT2D eigenvalue weighted by Crippen LogP contribution is 2.43. The van der Waals surface area contributed by atoms with Gasteiger partial charge in [0.15, 0.2) is 0 Å². The molecule has 61 heavy (non-hydrogen) atoms. The molecule has 0 aliphatic rings. The van der Waals surface area contributed by atoms with E-state index in [9.17, 15) is 14.3 Å². The molecule has 8 nitrogen and oxygen atoms in total. The predicted octanol–water partition coefficient (Wildman–Crippen LogP) is 15.3. The number of esters is 1. The molecular formula is C52H97NO7P+. The van der Waals surface area contributed by atoms with E-state index in [4.69, 9.17) is 18.5 Å². The van der Waals surface area contributed by atoms with Gasteiger partial charge in [-0.15, -0.1) is 0 Å². The van der Waals surface area contributed by atoms with Crippen molar-refractivity contribution in [3.05, 3.63) is 60.8 Å². The molecule has 0 rings (SSSR count). The van der Waals surface area contributed by atoms with Crippen LogP contribution >= 0.6 is 7.82 Å². The first-order valence-corrected chi connectivity index (χ1v) is 26.5. The van der Waals surface area contributed by atoms with Crippen molar-refractivity contribution in [2.75, 3.05) is 54.1 Å². The van der Waals surface area contributed by atoms with Crippen LogP contribution in [0.15, 0.2) is 60.8 Å². The lowest BCUT2D eigenvalue weighted by Gasteiger charge is -2.24. The lowest BCUT2D eigenvalue weighted by atomic mass is 10.0. The van der Waals surface area contributed by atoms with Crippen LogP contribution in [0.2, 0.25) is 0 Å². The van der Waals surface area contributed by atoms with Crippen molar-refractivity contribution < 1.29 is 37.3 Å². The smallest absolute Gasteiger partial charge is 0.457 e. The molecule has 9 heteroatoms. The van der Waals surface area contributed by atoms with Crippen molar-refractivity contribution >= 4 is 13.8 Å². The van der Waals surface area contributed by atoms with Gasteiger partial charge in [-0.05, 0) is 77.0 Å². The number of likely N-dealkylation sites (N-methyl/N-ethyl adjacent to an activating group) is 1.